The molecule has 1 aromatic carbocycles. The molecule has 3 nitrogen and oxygen atoms in total. The maximum absolute atomic E-state index is 6.11. The van der Waals surface area contributed by atoms with Crippen molar-refractivity contribution in [2.24, 2.45) is 0 Å². The first kappa shape index (κ1) is 12.1. The van der Waals surface area contributed by atoms with Crippen molar-refractivity contribution >= 4 is 11.6 Å². The van der Waals surface area contributed by atoms with Crippen LogP contribution in [0.3, 0.4) is 0 Å². The first-order valence-electron chi connectivity index (χ1n) is 5.62. The molecule has 2 rings (SSSR count). The van der Waals surface area contributed by atoms with E-state index in [-0.39, 0.29) is 0 Å². The van der Waals surface area contributed by atoms with Gasteiger partial charge in [0, 0.05) is 17.1 Å². The Kier molecular flexibility index (Phi) is 3.82. The number of oxazole rings is 1. The molecule has 0 saturated carbocycles. The minimum atomic E-state index is 0.703. The second-order valence-corrected chi connectivity index (χ2v) is 4.23. The van der Waals surface area contributed by atoms with Gasteiger partial charge in [-0.3, -0.25) is 0 Å². The summed E-state index contributed by atoms with van der Waals surface area (Å²) in [6.07, 6.45) is 1.47. The Bertz CT molecular complexity index is 508. The molecule has 0 aliphatic rings. The molecule has 1 N–H and O–H groups in total. The van der Waals surface area contributed by atoms with Crippen molar-refractivity contribution in [3.05, 3.63) is 40.9 Å². The van der Waals surface area contributed by atoms with Crippen LogP contribution in [0.2, 0.25) is 5.02 Å². The average molecular weight is 251 g/mol. The van der Waals surface area contributed by atoms with E-state index < -0.39 is 0 Å². The molecule has 0 amide bonds. The van der Waals surface area contributed by atoms with Crippen molar-refractivity contribution < 1.29 is 4.42 Å². The highest BCUT2D eigenvalue weighted by Crippen LogP contribution is 2.30. The summed E-state index contributed by atoms with van der Waals surface area (Å²) in [7, 11) is 0. The van der Waals surface area contributed by atoms with Gasteiger partial charge in [0.1, 0.15) is 5.69 Å². The van der Waals surface area contributed by atoms with Crippen LogP contribution in [0.4, 0.5) is 0 Å². The quantitative estimate of drug-likeness (QED) is 0.904. The third-order valence-corrected chi connectivity index (χ3v) is 3.11. The van der Waals surface area contributed by atoms with Crippen LogP contribution in [0.25, 0.3) is 11.3 Å². The lowest BCUT2D eigenvalue weighted by atomic mass is 10.1. The van der Waals surface area contributed by atoms with E-state index in [2.05, 4.69) is 17.2 Å². The molecule has 90 valence electrons. The SMILES string of the molecule is CCNCc1ncoc1-c1cccc(Cl)c1C. The summed E-state index contributed by atoms with van der Waals surface area (Å²) in [5, 5.41) is 3.98. The van der Waals surface area contributed by atoms with Crippen LogP contribution < -0.4 is 5.32 Å². The summed E-state index contributed by atoms with van der Waals surface area (Å²) in [5.41, 5.74) is 2.93. The molecule has 17 heavy (non-hydrogen) atoms. The minimum absolute atomic E-state index is 0.703. The molecule has 2 aromatic rings. The summed E-state index contributed by atoms with van der Waals surface area (Å²) >= 11 is 6.11. The van der Waals surface area contributed by atoms with E-state index in [0.29, 0.717) is 6.54 Å². The molecular weight excluding hydrogens is 236 g/mol. The molecule has 0 aliphatic carbocycles. The van der Waals surface area contributed by atoms with Crippen LogP contribution in [0, 0.1) is 6.92 Å². The third-order valence-electron chi connectivity index (χ3n) is 2.70. The van der Waals surface area contributed by atoms with Gasteiger partial charge in [0.05, 0.1) is 0 Å². The highest BCUT2D eigenvalue weighted by atomic mass is 35.5. The first-order valence-corrected chi connectivity index (χ1v) is 6.00. The van der Waals surface area contributed by atoms with E-state index in [4.69, 9.17) is 16.0 Å². The van der Waals surface area contributed by atoms with Crippen molar-refractivity contribution in [1.29, 1.82) is 0 Å². The van der Waals surface area contributed by atoms with E-state index in [1.165, 1.54) is 6.39 Å². The predicted octanol–water partition coefficient (Wildman–Crippen LogP) is 3.41. The Morgan fingerprint density at radius 3 is 3.00 bits per heavy atom. The number of halogens is 1. The van der Waals surface area contributed by atoms with Crippen LogP contribution in [0.5, 0.6) is 0 Å². The fourth-order valence-corrected chi connectivity index (χ4v) is 1.89. The standard InChI is InChI=1S/C13H15ClN2O/c1-3-15-7-12-13(17-8-16-12)10-5-4-6-11(14)9(10)2/h4-6,8,15H,3,7H2,1-2H3. The van der Waals surface area contributed by atoms with Gasteiger partial charge >= 0.3 is 0 Å². The van der Waals surface area contributed by atoms with E-state index in [9.17, 15) is 0 Å². The minimum Gasteiger partial charge on any atom is -0.443 e. The van der Waals surface area contributed by atoms with Gasteiger partial charge in [-0.25, -0.2) is 4.98 Å². The Labute approximate surface area is 106 Å². The molecule has 0 saturated heterocycles. The van der Waals surface area contributed by atoms with Crippen molar-refractivity contribution in [2.75, 3.05) is 6.54 Å². The molecule has 0 radical (unpaired) electrons. The second-order valence-electron chi connectivity index (χ2n) is 3.82. The number of rotatable bonds is 4. The fourth-order valence-electron chi connectivity index (χ4n) is 1.71. The van der Waals surface area contributed by atoms with Crippen LogP contribution in [0.1, 0.15) is 18.2 Å². The lowest BCUT2D eigenvalue weighted by Crippen LogP contribution is -2.12. The summed E-state index contributed by atoms with van der Waals surface area (Å²) in [6, 6.07) is 5.79. The molecule has 0 fully saturated rings. The maximum atomic E-state index is 6.11. The van der Waals surface area contributed by atoms with Crippen LogP contribution >= 0.6 is 11.6 Å². The maximum Gasteiger partial charge on any atom is 0.181 e. The van der Waals surface area contributed by atoms with Gasteiger partial charge in [0.15, 0.2) is 12.2 Å². The van der Waals surface area contributed by atoms with Crippen molar-refractivity contribution in [3.63, 3.8) is 0 Å². The monoisotopic (exact) mass is 250 g/mol. The number of hydrogen-bond donors (Lipinski definition) is 1. The van der Waals surface area contributed by atoms with Crippen molar-refractivity contribution in [3.8, 4) is 11.3 Å². The van der Waals surface area contributed by atoms with Gasteiger partial charge < -0.3 is 9.73 Å². The smallest absolute Gasteiger partial charge is 0.181 e. The van der Waals surface area contributed by atoms with Gasteiger partial charge in [-0.05, 0) is 25.1 Å². The molecule has 0 unspecified atom stereocenters. The normalized spacial score (nSPS) is 10.8. The van der Waals surface area contributed by atoms with E-state index in [1.54, 1.807) is 0 Å². The lowest BCUT2D eigenvalue weighted by Gasteiger charge is -2.06. The molecular formula is C13H15ClN2O. The third kappa shape index (κ3) is 2.51. The Balaban J connectivity index is 2.39. The molecule has 1 aromatic heterocycles. The molecule has 4 heteroatoms. The van der Waals surface area contributed by atoms with Gasteiger partial charge in [0.2, 0.25) is 0 Å². The molecule has 1 heterocycles. The van der Waals surface area contributed by atoms with Crippen molar-refractivity contribution in [1.82, 2.24) is 10.3 Å². The topological polar surface area (TPSA) is 38.1 Å². The van der Waals surface area contributed by atoms with E-state index in [1.807, 2.05) is 25.1 Å². The summed E-state index contributed by atoms with van der Waals surface area (Å²) in [6.45, 7) is 5.65. The summed E-state index contributed by atoms with van der Waals surface area (Å²) in [4.78, 5) is 4.23. The highest BCUT2D eigenvalue weighted by molar-refractivity contribution is 6.31. The first-order chi connectivity index (χ1) is 8.24. The number of benzene rings is 1. The number of hydrogen-bond acceptors (Lipinski definition) is 3. The summed E-state index contributed by atoms with van der Waals surface area (Å²) < 4.78 is 5.47. The van der Waals surface area contributed by atoms with Crippen LogP contribution in [-0.4, -0.2) is 11.5 Å². The number of nitrogens with zero attached hydrogens (tertiary/aromatic N) is 1. The Morgan fingerprint density at radius 2 is 2.24 bits per heavy atom. The largest absolute Gasteiger partial charge is 0.443 e. The predicted molar refractivity (Wildman–Crippen MR) is 69.1 cm³/mol. The number of aromatic nitrogens is 1. The van der Waals surface area contributed by atoms with E-state index in [0.717, 1.165) is 34.1 Å². The van der Waals surface area contributed by atoms with Crippen LogP contribution in [-0.2, 0) is 6.54 Å². The Morgan fingerprint density at radius 1 is 1.41 bits per heavy atom. The lowest BCUT2D eigenvalue weighted by molar-refractivity contribution is 0.569. The average Bonchev–Trinajstić information content (AvgIpc) is 2.78. The molecule has 0 spiro atoms. The van der Waals surface area contributed by atoms with Crippen LogP contribution in [0.15, 0.2) is 29.0 Å². The molecule has 0 atom stereocenters. The fraction of sp³-hybridized carbons (Fsp3) is 0.308. The van der Waals surface area contributed by atoms with Crippen molar-refractivity contribution in [2.45, 2.75) is 20.4 Å². The highest BCUT2D eigenvalue weighted by Gasteiger charge is 2.13. The second kappa shape index (κ2) is 5.34. The molecule has 0 bridgehead atoms. The zero-order valence-corrected chi connectivity index (χ0v) is 10.7. The van der Waals surface area contributed by atoms with Gasteiger partial charge in [0.25, 0.3) is 0 Å². The van der Waals surface area contributed by atoms with Gasteiger partial charge in [-0.2, -0.15) is 0 Å². The number of nitrogens with one attached hydrogen (secondary N) is 1. The van der Waals surface area contributed by atoms with Gasteiger partial charge in [-0.15, -0.1) is 0 Å². The molecule has 0 aliphatic heterocycles. The zero-order valence-electron chi connectivity index (χ0n) is 9.96. The summed E-state index contributed by atoms with van der Waals surface area (Å²) in [5.74, 6) is 0.797. The zero-order chi connectivity index (χ0) is 12.3. The van der Waals surface area contributed by atoms with E-state index >= 15 is 0 Å². The Hall–Kier alpha value is -1.32. The van der Waals surface area contributed by atoms with Gasteiger partial charge in [-0.1, -0.05) is 30.7 Å².